The van der Waals surface area contributed by atoms with Crippen LogP contribution in [-0.2, 0) is 21.4 Å². The minimum absolute atomic E-state index is 0.205. The van der Waals surface area contributed by atoms with Crippen molar-refractivity contribution < 1.29 is 23.1 Å². The number of nitrogens with zero attached hydrogens (tertiary/aromatic N) is 5. The molecule has 12 heteroatoms. The maximum absolute atomic E-state index is 13.5. The second-order valence-electron chi connectivity index (χ2n) is 10.3. The van der Waals surface area contributed by atoms with E-state index in [0.29, 0.717) is 6.42 Å². The van der Waals surface area contributed by atoms with Gasteiger partial charge in [-0.15, -0.1) is 0 Å². The molecule has 0 aliphatic rings. The molecule has 0 aromatic carbocycles. The summed E-state index contributed by atoms with van der Waals surface area (Å²) in [5.41, 5.74) is 1.02. The molecule has 2 N–H and O–H groups in total. The van der Waals surface area contributed by atoms with Crippen LogP contribution in [-0.4, -0.2) is 68.7 Å². The number of rotatable bonds is 13. The SMILES string of the molecule is CCCC[C@@H](C(=O)CNS(=O)(=O)c1ccccn1)N(C(=O)O)C(Cn1ccc(-c2ccncc2)n1)C(C)(C)C. The van der Waals surface area contributed by atoms with E-state index in [-0.39, 0.29) is 18.0 Å². The highest BCUT2D eigenvalue weighted by Gasteiger charge is 2.41. The third kappa shape index (κ3) is 7.93. The smallest absolute Gasteiger partial charge is 0.408 e. The summed E-state index contributed by atoms with van der Waals surface area (Å²) < 4.78 is 29.3. The van der Waals surface area contributed by atoms with Gasteiger partial charge in [0.1, 0.15) is 0 Å². The van der Waals surface area contributed by atoms with E-state index in [1.165, 1.54) is 23.2 Å². The summed E-state index contributed by atoms with van der Waals surface area (Å²) in [4.78, 5) is 35.2. The third-order valence-corrected chi connectivity index (χ3v) is 7.74. The highest BCUT2D eigenvalue weighted by molar-refractivity contribution is 7.89. The second kappa shape index (κ2) is 12.9. The van der Waals surface area contributed by atoms with E-state index in [1.807, 2.05) is 45.9 Å². The van der Waals surface area contributed by atoms with Gasteiger partial charge >= 0.3 is 6.09 Å². The van der Waals surface area contributed by atoms with Gasteiger partial charge in [-0.1, -0.05) is 46.6 Å². The van der Waals surface area contributed by atoms with E-state index in [4.69, 9.17) is 0 Å². The Morgan fingerprint density at radius 1 is 1.10 bits per heavy atom. The van der Waals surface area contributed by atoms with Crippen molar-refractivity contribution in [3.8, 4) is 11.3 Å². The molecule has 0 aliphatic carbocycles. The summed E-state index contributed by atoms with van der Waals surface area (Å²) >= 11 is 0. The van der Waals surface area contributed by atoms with Gasteiger partial charge in [-0.3, -0.25) is 19.4 Å². The number of sulfonamides is 1. The number of carboxylic acid groups (broad SMARTS) is 1. The maximum Gasteiger partial charge on any atom is 0.408 e. The molecule has 3 aromatic heterocycles. The van der Waals surface area contributed by atoms with Crippen molar-refractivity contribution in [1.82, 2.24) is 29.4 Å². The Hall–Kier alpha value is -3.64. The van der Waals surface area contributed by atoms with Gasteiger partial charge in [0.2, 0.25) is 0 Å². The molecule has 0 fully saturated rings. The molecule has 3 aromatic rings. The highest BCUT2D eigenvalue weighted by atomic mass is 32.2. The lowest BCUT2D eigenvalue weighted by Gasteiger charge is -2.42. The van der Waals surface area contributed by atoms with Crippen LogP contribution >= 0.6 is 0 Å². The Morgan fingerprint density at radius 2 is 1.82 bits per heavy atom. The van der Waals surface area contributed by atoms with Crippen LogP contribution < -0.4 is 4.72 Å². The third-order valence-electron chi connectivity index (χ3n) is 6.42. The molecular weight excluding hydrogens is 520 g/mol. The topological polar surface area (TPSA) is 147 Å². The fraction of sp³-hybridized carbons (Fsp3) is 0.444. The molecule has 39 heavy (non-hydrogen) atoms. The number of hydrogen-bond donors (Lipinski definition) is 2. The molecule has 0 bridgehead atoms. The monoisotopic (exact) mass is 556 g/mol. The van der Waals surface area contributed by atoms with Gasteiger partial charge < -0.3 is 5.11 Å². The van der Waals surface area contributed by atoms with E-state index < -0.39 is 45.9 Å². The van der Waals surface area contributed by atoms with Gasteiger partial charge in [0.15, 0.2) is 10.8 Å². The quantitative estimate of drug-likeness (QED) is 0.323. The Balaban J connectivity index is 1.89. The maximum atomic E-state index is 13.5. The Kier molecular flexibility index (Phi) is 9.92. The average Bonchev–Trinajstić information content (AvgIpc) is 3.38. The summed E-state index contributed by atoms with van der Waals surface area (Å²) in [5, 5.41) is 14.8. The van der Waals surface area contributed by atoms with Crippen molar-refractivity contribution in [2.75, 3.05) is 6.54 Å². The van der Waals surface area contributed by atoms with E-state index in [2.05, 4.69) is 19.8 Å². The van der Waals surface area contributed by atoms with Gasteiger partial charge in [0, 0.05) is 30.4 Å². The van der Waals surface area contributed by atoms with Crippen molar-refractivity contribution in [2.24, 2.45) is 5.41 Å². The predicted molar refractivity (Wildman–Crippen MR) is 146 cm³/mol. The molecule has 0 radical (unpaired) electrons. The molecule has 1 unspecified atom stereocenters. The molecule has 3 heterocycles. The zero-order chi connectivity index (χ0) is 28.6. The lowest BCUT2D eigenvalue weighted by atomic mass is 9.84. The number of carbonyl (C=O) groups excluding carboxylic acids is 1. The standard InChI is InChI=1S/C27H36N6O5S/c1-5-6-9-22(23(34)18-30-39(37,38)25-10-7-8-14-29-25)33(26(35)36)24(27(2,3)4)19-32-17-13-21(31-32)20-11-15-28-16-12-20/h7-8,10-17,22,24,30H,5-6,9,18-19H2,1-4H3,(H,35,36)/t22-,24?/m0/s1. The van der Waals surface area contributed by atoms with Crippen LogP contribution in [0.5, 0.6) is 0 Å². The first kappa shape index (κ1) is 29.9. The van der Waals surface area contributed by atoms with E-state index in [9.17, 15) is 23.1 Å². The normalized spacial score (nSPS) is 13.5. The summed E-state index contributed by atoms with van der Waals surface area (Å²) in [7, 11) is -4.04. The number of ketones is 1. The zero-order valence-corrected chi connectivity index (χ0v) is 23.5. The van der Waals surface area contributed by atoms with Gasteiger partial charge in [0.25, 0.3) is 10.0 Å². The van der Waals surface area contributed by atoms with Crippen LogP contribution in [0.4, 0.5) is 4.79 Å². The second-order valence-corrected chi connectivity index (χ2v) is 12.1. The molecule has 0 aliphatic heterocycles. The molecule has 0 saturated heterocycles. The van der Waals surface area contributed by atoms with E-state index in [1.54, 1.807) is 29.3 Å². The molecule has 0 saturated carbocycles. The Labute approximate surface area is 229 Å². The predicted octanol–water partition coefficient (Wildman–Crippen LogP) is 3.84. The van der Waals surface area contributed by atoms with Crippen molar-refractivity contribution in [3.63, 3.8) is 0 Å². The number of Topliss-reactive ketones (excluding diaryl/α,β-unsaturated/α-hetero) is 1. The van der Waals surface area contributed by atoms with Crippen LogP contribution in [0, 0.1) is 5.41 Å². The first-order chi connectivity index (χ1) is 18.4. The van der Waals surface area contributed by atoms with Crippen LogP contribution in [0.3, 0.4) is 0 Å². The van der Waals surface area contributed by atoms with E-state index in [0.717, 1.165) is 17.7 Å². The number of amides is 1. The number of unbranched alkanes of at least 4 members (excludes halogenated alkanes) is 1. The van der Waals surface area contributed by atoms with Gasteiger partial charge in [-0.25, -0.2) is 22.9 Å². The molecule has 0 spiro atoms. The van der Waals surface area contributed by atoms with Crippen molar-refractivity contribution in [1.29, 1.82) is 0 Å². The molecular formula is C27H36N6O5S. The van der Waals surface area contributed by atoms with Gasteiger partial charge in [0.05, 0.1) is 30.9 Å². The number of aromatic nitrogens is 4. The number of pyridine rings is 2. The van der Waals surface area contributed by atoms with E-state index >= 15 is 0 Å². The average molecular weight is 557 g/mol. The summed E-state index contributed by atoms with van der Waals surface area (Å²) in [5.74, 6) is -0.530. The lowest BCUT2D eigenvalue weighted by Crippen LogP contribution is -2.57. The Morgan fingerprint density at radius 3 is 2.41 bits per heavy atom. The van der Waals surface area contributed by atoms with Crippen LogP contribution in [0.2, 0.25) is 0 Å². The summed E-state index contributed by atoms with van der Waals surface area (Å²) in [6.45, 7) is 7.32. The summed E-state index contributed by atoms with van der Waals surface area (Å²) in [6, 6.07) is 8.26. The zero-order valence-electron chi connectivity index (χ0n) is 22.7. The largest absolute Gasteiger partial charge is 0.465 e. The fourth-order valence-electron chi connectivity index (χ4n) is 4.30. The van der Waals surface area contributed by atoms with Crippen LogP contribution in [0.25, 0.3) is 11.3 Å². The lowest BCUT2D eigenvalue weighted by molar-refractivity contribution is -0.124. The van der Waals surface area contributed by atoms with Gasteiger partial charge in [-0.2, -0.15) is 5.10 Å². The molecule has 3 rings (SSSR count). The van der Waals surface area contributed by atoms with Crippen molar-refractivity contribution in [2.45, 2.75) is 70.6 Å². The summed E-state index contributed by atoms with van der Waals surface area (Å²) in [6.07, 6.45) is 6.81. The molecule has 2 atom stereocenters. The molecule has 11 nitrogen and oxygen atoms in total. The number of carbonyl (C=O) groups is 2. The van der Waals surface area contributed by atoms with Crippen LogP contribution in [0.15, 0.2) is 66.2 Å². The first-order valence-electron chi connectivity index (χ1n) is 12.8. The minimum Gasteiger partial charge on any atom is -0.465 e. The highest BCUT2D eigenvalue weighted by Crippen LogP contribution is 2.30. The van der Waals surface area contributed by atoms with Gasteiger partial charge in [-0.05, 0) is 42.2 Å². The minimum atomic E-state index is -4.04. The van der Waals surface area contributed by atoms with Crippen molar-refractivity contribution in [3.05, 3.63) is 61.2 Å². The number of nitrogens with one attached hydrogen (secondary N) is 1. The fourth-order valence-corrected chi connectivity index (χ4v) is 5.23. The number of hydrogen-bond acceptors (Lipinski definition) is 7. The van der Waals surface area contributed by atoms with Crippen LogP contribution in [0.1, 0.15) is 47.0 Å². The molecule has 210 valence electrons. The molecule has 1 amide bonds. The first-order valence-corrected chi connectivity index (χ1v) is 14.3. The van der Waals surface area contributed by atoms with Crippen molar-refractivity contribution >= 4 is 21.9 Å². The Bertz CT molecular complexity index is 1340.